The zero-order valence-corrected chi connectivity index (χ0v) is 35.9. The first-order valence-electron chi connectivity index (χ1n) is 22.0. The van der Waals surface area contributed by atoms with Crippen LogP contribution in [0, 0.1) is 0 Å². The largest absolute Gasteiger partial charge is 0.456 e. The molecule has 0 fully saturated rings. The summed E-state index contributed by atoms with van der Waals surface area (Å²) in [5, 5.41) is 7.33. The van der Waals surface area contributed by atoms with E-state index in [4.69, 9.17) is 4.42 Å². The second kappa shape index (κ2) is 16.6. The van der Waals surface area contributed by atoms with Crippen molar-refractivity contribution >= 4 is 66.1 Å². The maximum atomic E-state index is 6.14. The lowest BCUT2D eigenvalue weighted by atomic mass is 9.93. The number of hydrogen-bond donors (Lipinski definition) is 0. The van der Waals surface area contributed by atoms with Crippen LogP contribution < -0.4 is 4.90 Å². The Morgan fingerprint density at radius 1 is 0.359 bits per heavy atom. The molecule has 1 aromatic heterocycles. The summed E-state index contributed by atoms with van der Waals surface area (Å²) >= 11 is 0. The molecular formula is C62H45NO. The van der Waals surface area contributed by atoms with Gasteiger partial charge in [-0.3, -0.25) is 0 Å². The molecule has 1 heterocycles. The fourth-order valence-corrected chi connectivity index (χ4v) is 9.25. The van der Waals surface area contributed by atoms with E-state index in [0.29, 0.717) is 0 Å². The number of para-hydroxylation sites is 1. The Morgan fingerprint density at radius 2 is 0.859 bits per heavy atom. The van der Waals surface area contributed by atoms with Gasteiger partial charge in [0.25, 0.3) is 0 Å². The van der Waals surface area contributed by atoms with Crippen molar-refractivity contribution in [2.45, 2.75) is 13.8 Å². The van der Waals surface area contributed by atoms with Crippen molar-refractivity contribution < 1.29 is 4.42 Å². The Labute approximate surface area is 374 Å². The number of allylic oxidation sites excluding steroid dienone is 4. The van der Waals surface area contributed by atoms with Crippen LogP contribution in [0.2, 0.25) is 0 Å². The zero-order chi connectivity index (χ0) is 43.0. The fourth-order valence-electron chi connectivity index (χ4n) is 9.25. The third-order valence-electron chi connectivity index (χ3n) is 12.5. The second-order valence-corrected chi connectivity index (χ2v) is 16.4. The smallest absolute Gasteiger partial charge is 0.135 e. The van der Waals surface area contributed by atoms with E-state index in [2.05, 4.69) is 243 Å². The van der Waals surface area contributed by atoms with E-state index in [1.807, 2.05) is 12.1 Å². The van der Waals surface area contributed by atoms with Crippen LogP contribution in [-0.4, -0.2) is 0 Å². The molecule has 0 N–H and O–H groups in total. The van der Waals surface area contributed by atoms with Crippen molar-refractivity contribution in [2.24, 2.45) is 0 Å². The van der Waals surface area contributed by atoms with Crippen molar-refractivity contribution in [3.63, 3.8) is 0 Å². The Hall–Kier alpha value is -8.20. The highest BCUT2D eigenvalue weighted by atomic mass is 16.3. The molecule has 11 rings (SSSR count). The summed E-state index contributed by atoms with van der Waals surface area (Å²) in [7, 11) is 0. The van der Waals surface area contributed by atoms with Crippen molar-refractivity contribution in [3.05, 3.63) is 242 Å². The molecule has 0 aliphatic rings. The average Bonchev–Trinajstić information content (AvgIpc) is 3.74. The van der Waals surface area contributed by atoms with E-state index in [9.17, 15) is 0 Å². The summed E-state index contributed by atoms with van der Waals surface area (Å²) in [6.07, 6.45) is 6.48. The Balaban J connectivity index is 0.976. The third kappa shape index (κ3) is 7.25. The summed E-state index contributed by atoms with van der Waals surface area (Å²) in [4.78, 5) is 2.35. The minimum Gasteiger partial charge on any atom is -0.456 e. The number of benzene rings is 10. The van der Waals surface area contributed by atoms with E-state index in [-0.39, 0.29) is 0 Å². The van der Waals surface area contributed by atoms with Gasteiger partial charge in [-0.2, -0.15) is 0 Å². The molecule has 10 aromatic carbocycles. The second-order valence-electron chi connectivity index (χ2n) is 16.4. The van der Waals surface area contributed by atoms with Crippen LogP contribution >= 0.6 is 0 Å². The molecule has 0 aliphatic heterocycles. The maximum Gasteiger partial charge on any atom is 0.135 e. The first kappa shape index (κ1) is 38.7. The Kier molecular flexibility index (Phi) is 10.0. The summed E-state index contributed by atoms with van der Waals surface area (Å²) in [6.45, 7) is 4.18. The summed E-state index contributed by atoms with van der Waals surface area (Å²) in [5.41, 5.74) is 16.9. The molecule has 11 aromatic rings. The zero-order valence-electron chi connectivity index (χ0n) is 35.9. The van der Waals surface area contributed by atoms with Crippen molar-refractivity contribution in [2.75, 3.05) is 4.90 Å². The number of anilines is 3. The van der Waals surface area contributed by atoms with Gasteiger partial charge in [0.15, 0.2) is 0 Å². The molecule has 0 saturated heterocycles. The van der Waals surface area contributed by atoms with Crippen molar-refractivity contribution in [3.8, 4) is 44.5 Å². The summed E-state index contributed by atoms with van der Waals surface area (Å²) in [6, 6.07) is 79.1. The minimum atomic E-state index is 0.903. The van der Waals surface area contributed by atoms with Crippen LogP contribution in [0.3, 0.4) is 0 Å². The van der Waals surface area contributed by atoms with Crippen LogP contribution in [0.25, 0.3) is 93.6 Å². The lowest BCUT2D eigenvalue weighted by Gasteiger charge is -2.26. The van der Waals surface area contributed by atoms with E-state index >= 15 is 0 Å². The van der Waals surface area contributed by atoms with Crippen LogP contribution in [0.15, 0.2) is 241 Å². The van der Waals surface area contributed by atoms with E-state index in [1.54, 1.807) is 0 Å². The van der Waals surface area contributed by atoms with Gasteiger partial charge in [-0.1, -0.05) is 158 Å². The number of rotatable bonds is 9. The molecule has 0 unspecified atom stereocenters. The molecule has 2 heteroatoms. The number of nitrogens with zero attached hydrogens (tertiary/aromatic N) is 1. The molecule has 0 aliphatic carbocycles. The van der Waals surface area contributed by atoms with E-state index in [0.717, 1.165) is 55.7 Å². The number of hydrogen-bond acceptors (Lipinski definition) is 2. The van der Waals surface area contributed by atoms with Gasteiger partial charge in [0.2, 0.25) is 0 Å². The first-order valence-corrected chi connectivity index (χ1v) is 22.0. The van der Waals surface area contributed by atoms with Gasteiger partial charge in [0.1, 0.15) is 11.2 Å². The summed E-state index contributed by atoms with van der Waals surface area (Å²) in [5.74, 6) is 0. The molecular weight excluding hydrogens is 775 g/mol. The van der Waals surface area contributed by atoms with Crippen LogP contribution in [0.4, 0.5) is 17.1 Å². The Bertz CT molecular complexity index is 3540. The van der Waals surface area contributed by atoms with Gasteiger partial charge in [0, 0.05) is 27.8 Å². The van der Waals surface area contributed by atoms with Crippen LogP contribution in [-0.2, 0) is 0 Å². The summed E-state index contributed by atoms with van der Waals surface area (Å²) < 4.78 is 6.14. The predicted molar refractivity (Wildman–Crippen MR) is 274 cm³/mol. The molecule has 0 spiro atoms. The normalized spacial score (nSPS) is 11.9. The minimum absolute atomic E-state index is 0.903. The highest BCUT2D eigenvalue weighted by Gasteiger charge is 2.16. The molecule has 0 bridgehead atoms. The average molecular weight is 820 g/mol. The van der Waals surface area contributed by atoms with Gasteiger partial charge >= 0.3 is 0 Å². The van der Waals surface area contributed by atoms with Crippen LogP contribution in [0.1, 0.15) is 19.4 Å². The molecule has 304 valence electrons. The topological polar surface area (TPSA) is 16.4 Å². The first-order chi connectivity index (χ1) is 31.6. The highest BCUT2D eigenvalue weighted by molar-refractivity contribution is 6.09. The third-order valence-corrected chi connectivity index (χ3v) is 12.5. The Morgan fingerprint density at radius 3 is 1.52 bits per heavy atom. The molecule has 0 saturated carbocycles. The van der Waals surface area contributed by atoms with Gasteiger partial charge in [-0.25, -0.2) is 0 Å². The molecule has 0 atom stereocenters. The highest BCUT2D eigenvalue weighted by Crippen LogP contribution is 2.40. The van der Waals surface area contributed by atoms with Crippen LogP contribution in [0.5, 0.6) is 0 Å². The monoisotopic (exact) mass is 819 g/mol. The molecule has 0 radical (unpaired) electrons. The number of furan rings is 1. The SMILES string of the molecule is C/C=C\C(=C/C)c1cc(-c2ccccc2)cc(-c2ccc(N(c3ccc(-c4ccc5c(ccc6ccccc65)c4)cc3)c3ccc(-c4ccc5oc6ccccc6c5c4)cc3)cc2)c1. The van der Waals surface area contributed by atoms with Gasteiger partial charge in [-0.05, 0) is 170 Å². The molecule has 64 heavy (non-hydrogen) atoms. The predicted octanol–water partition coefficient (Wildman–Crippen LogP) is 18.0. The lowest BCUT2D eigenvalue weighted by molar-refractivity contribution is 0.669. The van der Waals surface area contributed by atoms with E-state index < -0.39 is 0 Å². The van der Waals surface area contributed by atoms with Gasteiger partial charge < -0.3 is 9.32 Å². The standard InChI is InChI=1S/C62H45NO/c1-3-12-42(4-2)51-38-52(43-13-6-5-7-14-43)40-53(39-51)46-25-33-56(34-26-46)63(55-31-23-45(24-32-55)49-28-36-62-60(41-49)59-17-10-11-18-61(59)64-62)54-29-21-44(22-30-54)48-27-35-58-50(37-48)20-19-47-15-8-9-16-57(47)58/h3-41H,1-2H3/b12-3-,42-4+. The van der Waals surface area contributed by atoms with Gasteiger partial charge in [-0.15, -0.1) is 0 Å². The van der Waals surface area contributed by atoms with Gasteiger partial charge in [0.05, 0.1) is 0 Å². The lowest BCUT2D eigenvalue weighted by Crippen LogP contribution is -2.09. The van der Waals surface area contributed by atoms with Crippen molar-refractivity contribution in [1.82, 2.24) is 0 Å². The van der Waals surface area contributed by atoms with Crippen molar-refractivity contribution in [1.29, 1.82) is 0 Å². The van der Waals surface area contributed by atoms with E-state index in [1.165, 1.54) is 60.5 Å². The molecule has 0 amide bonds. The fraction of sp³-hybridized carbons (Fsp3) is 0.0323. The number of fused-ring (bicyclic) bond motifs is 6. The molecule has 2 nitrogen and oxygen atoms in total. The quantitative estimate of drug-likeness (QED) is 0.107. The maximum absolute atomic E-state index is 6.14.